The van der Waals surface area contributed by atoms with E-state index in [1.54, 1.807) is 0 Å². The molecule has 2 rings (SSSR count). The van der Waals surface area contributed by atoms with Crippen molar-refractivity contribution < 1.29 is 17.6 Å². The molecule has 1 aromatic rings. The third-order valence-electron chi connectivity index (χ3n) is 3.80. The molecule has 0 unspecified atom stereocenters. The maximum absolute atomic E-state index is 12.8. The van der Waals surface area contributed by atoms with E-state index >= 15 is 0 Å². The number of carbonyl (C=O) groups is 1. The minimum absolute atomic E-state index is 0.0637. The largest absolute Gasteiger partial charge is 0.352 e. The molecule has 2 N–H and O–H groups in total. The van der Waals surface area contributed by atoms with E-state index in [-0.39, 0.29) is 16.8 Å². The van der Waals surface area contributed by atoms with Gasteiger partial charge in [-0.1, -0.05) is 19.3 Å². The number of sulfonamides is 1. The van der Waals surface area contributed by atoms with Crippen molar-refractivity contribution in [3.63, 3.8) is 0 Å². The number of hydrogen-bond acceptors (Lipinski definition) is 3. The number of amides is 1. The number of rotatable bonds is 5. The van der Waals surface area contributed by atoms with Crippen LogP contribution in [-0.4, -0.2) is 26.4 Å². The maximum atomic E-state index is 12.8. The summed E-state index contributed by atoms with van der Waals surface area (Å²) in [7, 11) is -3.84. The number of carbonyl (C=O) groups excluding carboxylic acids is 1. The summed E-state index contributed by atoms with van der Waals surface area (Å²) in [6, 6.07) is 3.73. The smallest absolute Gasteiger partial charge is 0.241 e. The van der Waals surface area contributed by atoms with Gasteiger partial charge in [-0.3, -0.25) is 4.79 Å². The highest BCUT2D eigenvalue weighted by Gasteiger charge is 2.24. The normalized spacial score (nSPS) is 17.9. The molecule has 122 valence electrons. The fourth-order valence-corrected chi connectivity index (χ4v) is 3.74. The highest BCUT2D eigenvalue weighted by Crippen LogP contribution is 2.17. The predicted molar refractivity (Wildman–Crippen MR) is 81.2 cm³/mol. The summed E-state index contributed by atoms with van der Waals surface area (Å²) in [6.07, 6.45) is 5.22. The van der Waals surface area contributed by atoms with Gasteiger partial charge in [-0.25, -0.2) is 12.8 Å². The highest BCUT2D eigenvalue weighted by molar-refractivity contribution is 7.89. The Balaban J connectivity index is 1.95. The van der Waals surface area contributed by atoms with E-state index in [1.807, 2.05) is 0 Å². The fourth-order valence-electron chi connectivity index (χ4n) is 2.54. The number of benzene rings is 1. The first-order chi connectivity index (χ1) is 10.4. The molecule has 1 fully saturated rings. The summed E-state index contributed by atoms with van der Waals surface area (Å²) >= 11 is 0. The quantitative estimate of drug-likeness (QED) is 0.867. The molecular weight excluding hydrogens is 307 g/mol. The molecule has 0 heterocycles. The van der Waals surface area contributed by atoms with Crippen molar-refractivity contribution >= 4 is 15.9 Å². The average Bonchev–Trinajstić information content (AvgIpc) is 2.48. The molecule has 1 atom stereocenters. The van der Waals surface area contributed by atoms with Gasteiger partial charge in [0.05, 0.1) is 10.9 Å². The first-order valence-corrected chi connectivity index (χ1v) is 8.95. The second-order valence-electron chi connectivity index (χ2n) is 5.64. The monoisotopic (exact) mass is 328 g/mol. The zero-order valence-corrected chi connectivity index (χ0v) is 13.3. The van der Waals surface area contributed by atoms with Gasteiger partial charge in [0.2, 0.25) is 15.9 Å². The van der Waals surface area contributed by atoms with Crippen molar-refractivity contribution in [2.75, 3.05) is 0 Å². The van der Waals surface area contributed by atoms with Crippen LogP contribution in [0.2, 0.25) is 0 Å². The van der Waals surface area contributed by atoms with E-state index in [9.17, 15) is 17.6 Å². The Morgan fingerprint density at radius 1 is 1.18 bits per heavy atom. The third-order valence-corrected chi connectivity index (χ3v) is 5.36. The van der Waals surface area contributed by atoms with Crippen LogP contribution in [0.5, 0.6) is 0 Å². The number of halogens is 1. The summed E-state index contributed by atoms with van der Waals surface area (Å²) in [4.78, 5) is 12.0. The van der Waals surface area contributed by atoms with Gasteiger partial charge in [0.25, 0.3) is 0 Å². The molecular formula is C15H21FN2O3S. The van der Waals surface area contributed by atoms with Crippen LogP contribution in [0.4, 0.5) is 4.39 Å². The predicted octanol–water partition coefficient (Wildman–Crippen LogP) is 1.94. The van der Waals surface area contributed by atoms with Crippen LogP contribution in [-0.2, 0) is 14.8 Å². The van der Waals surface area contributed by atoms with Gasteiger partial charge in [-0.05, 0) is 44.0 Å². The van der Waals surface area contributed by atoms with Gasteiger partial charge in [-0.2, -0.15) is 4.72 Å². The summed E-state index contributed by atoms with van der Waals surface area (Å²) in [5, 5.41) is 2.88. The third kappa shape index (κ3) is 4.51. The van der Waals surface area contributed by atoms with Gasteiger partial charge in [-0.15, -0.1) is 0 Å². The molecule has 0 radical (unpaired) electrons. The van der Waals surface area contributed by atoms with Crippen LogP contribution in [0.25, 0.3) is 0 Å². The molecule has 0 bridgehead atoms. The first kappa shape index (κ1) is 16.9. The van der Waals surface area contributed by atoms with Crippen LogP contribution in [0.15, 0.2) is 29.2 Å². The van der Waals surface area contributed by atoms with E-state index in [4.69, 9.17) is 0 Å². The van der Waals surface area contributed by atoms with Crippen molar-refractivity contribution in [2.24, 2.45) is 0 Å². The average molecular weight is 328 g/mol. The SMILES string of the molecule is C[C@H](NS(=O)(=O)c1ccc(F)cc1)C(=O)NC1CCCCC1. The molecule has 1 aliphatic carbocycles. The molecule has 1 aromatic carbocycles. The van der Waals surface area contributed by atoms with Gasteiger partial charge in [0.15, 0.2) is 0 Å². The molecule has 1 amide bonds. The second kappa shape index (κ2) is 7.19. The van der Waals surface area contributed by atoms with Crippen LogP contribution < -0.4 is 10.0 Å². The molecule has 22 heavy (non-hydrogen) atoms. The Hall–Kier alpha value is -1.47. The van der Waals surface area contributed by atoms with Crippen LogP contribution >= 0.6 is 0 Å². The number of nitrogens with one attached hydrogen (secondary N) is 2. The molecule has 0 aliphatic heterocycles. The van der Waals surface area contributed by atoms with E-state index in [0.29, 0.717) is 0 Å². The van der Waals surface area contributed by atoms with Gasteiger partial charge >= 0.3 is 0 Å². The summed E-state index contributed by atoms with van der Waals surface area (Å²) in [6.45, 7) is 1.50. The lowest BCUT2D eigenvalue weighted by molar-refractivity contribution is -0.123. The second-order valence-corrected chi connectivity index (χ2v) is 7.35. The zero-order valence-electron chi connectivity index (χ0n) is 12.5. The van der Waals surface area contributed by atoms with E-state index in [1.165, 1.54) is 25.5 Å². The zero-order chi connectivity index (χ0) is 16.2. The van der Waals surface area contributed by atoms with Crippen molar-refractivity contribution in [2.45, 2.75) is 56.0 Å². The Bertz CT molecular complexity index is 610. The van der Waals surface area contributed by atoms with Crippen LogP contribution in [0, 0.1) is 5.82 Å². The Morgan fingerprint density at radius 3 is 2.36 bits per heavy atom. The number of hydrogen-bond donors (Lipinski definition) is 2. The fraction of sp³-hybridized carbons (Fsp3) is 0.533. The lowest BCUT2D eigenvalue weighted by Crippen LogP contribution is -2.48. The Labute approximate surface area is 130 Å². The summed E-state index contributed by atoms with van der Waals surface area (Å²) in [5.74, 6) is -0.848. The van der Waals surface area contributed by atoms with E-state index in [2.05, 4.69) is 10.0 Å². The van der Waals surface area contributed by atoms with Crippen LogP contribution in [0.1, 0.15) is 39.0 Å². The molecule has 1 aliphatic rings. The standard InChI is InChI=1S/C15H21FN2O3S/c1-11(15(19)17-13-5-3-2-4-6-13)18-22(20,21)14-9-7-12(16)8-10-14/h7-11,13,18H,2-6H2,1H3,(H,17,19)/t11-/m0/s1. The molecule has 0 saturated heterocycles. The Kier molecular flexibility index (Phi) is 5.52. The van der Waals surface area contributed by atoms with Crippen molar-refractivity contribution in [1.82, 2.24) is 10.0 Å². The van der Waals surface area contributed by atoms with Gasteiger partial charge in [0.1, 0.15) is 5.82 Å². The minimum Gasteiger partial charge on any atom is -0.352 e. The van der Waals surface area contributed by atoms with Crippen molar-refractivity contribution in [1.29, 1.82) is 0 Å². The van der Waals surface area contributed by atoms with Crippen molar-refractivity contribution in [3.05, 3.63) is 30.1 Å². The topological polar surface area (TPSA) is 75.3 Å². The first-order valence-electron chi connectivity index (χ1n) is 7.47. The van der Waals surface area contributed by atoms with Crippen molar-refractivity contribution in [3.8, 4) is 0 Å². The molecule has 0 aromatic heterocycles. The molecule has 7 heteroatoms. The lowest BCUT2D eigenvalue weighted by atomic mass is 9.95. The maximum Gasteiger partial charge on any atom is 0.241 e. The highest BCUT2D eigenvalue weighted by atomic mass is 32.2. The summed E-state index contributed by atoms with van der Waals surface area (Å²) < 4.78 is 39.4. The van der Waals surface area contributed by atoms with Gasteiger partial charge < -0.3 is 5.32 Å². The van der Waals surface area contributed by atoms with E-state index in [0.717, 1.165) is 37.8 Å². The van der Waals surface area contributed by atoms with Crippen LogP contribution in [0.3, 0.4) is 0 Å². The lowest BCUT2D eigenvalue weighted by Gasteiger charge is -2.24. The Morgan fingerprint density at radius 2 is 1.77 bits per heavy atom. The molecule has 0 spiro atoms. The molecule has 1 saturated carbocycles. The van der Waals surface area contributed by atoms with Gasteiger partial charge in [0, 0.05) is 6.04 Å². The minimum atomic E-state index is -3.84. The van der Waals surface area contributed by atoms with E-state index < -0.39 is 21.9 Å². The summed E-state index contributed by atoms with van der Waals surface area (Å²) in [5.41, 5.74) is 0. The molecule has 5 nitrogen and oxygen atoms in total.